The number of benzene rings is 2. The van der Waals surface area contributed by atoms with Crippen molar-refractivity contribution in [3.05, 3.63) is 71.5 Å². The number of fused-ring (bicyclic) bond motifs is 1. The van der Waals surface area contributed by atoms with Crippen LogP contribution in [0.4, 0.5) is 5.13 Å². The van der Waals surface area contributed by atoms with Crippen LogP contribution in [0.5, 0.6) is 0 Å². The first-order chi connectivity index (χ1) is 14.1. The number of hydrogen-bond donors (Lipinski definition) is 1. The summed E-state index contributed by atoms with van der Waals surface area (Å²) >= 11 is 1.30. The Morgan fingerprint density at radius 3 is 2.72 bits per heavy atom. The number of nitrogens with zero attached hydrogens (tertiary/aromatic N) is 3. The molecule has 0 radical (unpaired) electrons. The number of thiazole rings is 1. The van der Waals surface area contributed by atoms with Gasteiger partial charge in [-0.1, -0.05) is 29.5 Å². The SMILES string of the molecule is CCOC(=O)c1ccc2nc(NC(=O)c3cnn(-c4ccccc4)c3C)sc2c1. The molecule has 0 fully saturated rings. The van der Waals surface area contributed by atoms with Crippen LogP contribution in [0.15, 0.2) is 54.7 Å². The molecule has 0 aliphatic heterocycles. The van der Waals surface area contributed by atoms with Crippen molar-refractivity contribution in [1.82, 2.24) is 14.8 Å². The van der Waals surface area contributed by atoms with Crippen molar-refractivity contribution in [2.75, 3.05) is 11.9 Å². The highest BCUT2D eigenvalue weighted by Crippen LogP contribution is 2.28. The Morgan fingerprint density at radius 2 is 1.97 bits per heavy atom. The molecule has 146 valence electrons. The Hall–Kier alpha value is -3.52. The van der Waals surface area contributed by atoms with E-state index in [1.54, 1.807) is 36.0 Å². The largest absolute Gasteiger partial charge is 0.462 e. The van der Waals surface area contributed by atoms with E-state index < -0.39 is 0 Å². The lowest BCUT2D eigenvalue weighted by atomic mass is 10.2. The Labute approximate surface area is 171 Å². The third-order valence-corrected chi connectivity index (χ3v) is 5.31. The number of amides is 1. The molecule has 1 N–H and O–H groups in total. The first-order valence-electron chi connectivity index (χ1n) is 9.06. The standard InChI is InChI=1S/C21H18N4O3S/c1-3-28-20(27)14-9-10-17-18(11-14)29-21(23-17)24-19(26)16-12-22-25(13(16)2)15-7-5-4-6-8-15/h4-12H,3H2,1-2H3,(H,23,24,26). The van der Waals surface area contributed by atoms with E-state index in [1.165, 1.54) is 11.3 Å². The maximum absolute atomic E-state index is 12.7. The Morgan fingerprint density at radius 1 is 1.17 bits per heavy atom. The zero-order valence-corrected chi connectivity index (χ0v) is 16.7. The lowest BCUT2D eigenvalue weighted by Crippen LogP contribution is -2.12. The van der Waals surface area contributed by atoms with Crippen LogP contribution in [0.1, 0.15) is 33.3 Å². The summed E-state index contributed by atoms with van der Waals surface area (Å²) in [5.74, 6) is -0.660. The van der Waals surface area contributed by atoms with Crippen LogP contribution in [-0.4, -0.2) is 33.2 Å². The molecule has 2 aromatic carbocycles. The van der Waals surface area contributed by atoms with E-state index >= 15 is 0 Å². The molecule has 7 nitrogen and oxygen atoms in total. The van der Waals surface area contributed by atoms with Gasteiger partial charge in [-0.15, -0.1) is 0 Å². The highest BCUT2D eigenvalue weighted by molar-refractivity contribution is 7.22. The molecular formula is C21H18N4O3S. The first kappa shape index (κ1) is 18.8. The molecule has 0 atom stereocenters. The van der Waals surface area contributed by atoms with Crippen molar-refractivity contribution >= 4 is 38.6 Å². The molecule has 4 rings (SSSR count). The van der Waals surface area contributed by atoms with Crippen LogP contribution in [0.2, 0.25) is 0 Å². The third kappa shape index (κ3) is 3.74. The van der Waals surface area contributed by atoms with Gasteiger partial charge in [-0.2, -0.15) is 5.10 Å². The predicted molar refractivity (Wildman–Crippen MR) is 112 cm³/mol. The third-order valence-electron chi connectivity index (χ3n) is 4.38. The van der Waals surface area contributed by atoms with E-state index in [4.69, 9.17) is 4.74 Å². The lowest BCUT2D eigenvalue weighted by molar-refractivity contribution is 0.0526. The minimum absolute atomic E-state index is 0.283. The summed E-state index contributed by atoms with van der Waals surface area (Å²) < 4.78 is 7.54. The number of para-hydroxylation sites is 1. The molecule has 0 aliphatic carbocycles. The summed E-state index contributed by atoms with van der Waals surface area (Å²) in [6, 6.07) is 14.7. The topological polar surface area (TPSA) is 86.1 Å². The van der Waals surface area contributed by atoms with Crippen LogP contribution in [-0.2, 0) is 4.74 Å². The fraction of sp³-hybridized carbons (Fsp3) is 0.143. The highest BCUT2D eigenvalue weighted by Gasteiger charge is 2.17. The second-order valence-electron chi connectivity index (χ2n) is 6.27. The molecule has 0 saturated carbocycles. The van der Waals surface area contributed by atoms with Crippen molar-refractivity contribution in [2.45, 2.75) is 13.8 Å². The zero-order chi connectivity index (χ0) is 20.4. The number of nitrogens with one attached hydrogen (secondary N) is 1. The number of carbonyl (C=O) groups is 2. The van der Waals surface area contributed by atoms with Crippen LogP contribution in [0, 0.1) is 6.92 Å². The van der Waals surface area contributed by atoms with Gasteiger partial charge in [-0.3, -0.25) is 10.1 Å². The van der Waals surface area contributed by atoms with Gasteiger partial charge in [0.2, 0.25) is 0 Å². The number of esters is 1. The van der Waals surface area contributed by atoms with E-state index in [2.05, 4.69) is 15.4 Å². The fourth-order valence-electron chi connectivity index (χ4n) is 2.95. The smallest absolute Gasteiger partial charge is 0.338 e. The van der Waals surface area contributed by atoms with E-state index in [9.17, 15) is 9.59 Å². The molecule has 0 spiro atoms. The maximum Gasteiger partial charge on any atom is 0.338 e. The predicted octanol–water partition coefficient (Wildman–Crippen LogP) is 4.22. The summed E-state index contributed by atoms with van der Waals surface area (Å²) in [5.41, 5.74) is 3.26. The molecule has 4 aromatic rings. The van der Waals surface area contributed by atoms with Crippen molar-refractivity contribution in [3.8, 4) is 5.69 Å². The van der Waals surface area contributed by atoms with Gasteiger partial charge in [0.15, 0.2) is 5.13 Å². The minimum atomic E-state index is -0.377. The summed E-state index contributed by atoms with van der Waals surface area (Å²) in [6.45, 7) is 3.93. The quantitative estimate of drug-likeness (QED) is 0.502. The number of hydrogen-bond acceptors (Lipinski definition) is 6. The van der Waals surface area contributed by atoms with Gasteiger partial charge in [-0.05, 0) is 44.2 Å². The molecular weight excluding hydrogens is 388 g/mol. The normalized spacial score (nSPS) is 10.8. The van der Waals surface area contributed by atoms with Gasteiger partial charge >= 0.3 is 5.97 Å². The number of carbonyl (C=O) groups excluding carboxylic acids is 2. The molecule has 29 heavy (non-hydrogen) atoms. The second kappa shape index (κ2) is 7.84. The van der Waals surface area contributed by atoms with Crippen LogP contribution < -0.4 is 5.32 Å². The van der Waals surface area contributed by atoms with Gasteiger partial charge in [0.1, 0.15) is 0 Å². The summed E-state index contributed by atoms with van der Waals surface area (Å²) in [4.78, 5) is 29.1. The van der Waals surface area contributed by atoms with Gasteiger partial charge in [-0.25, -0.2) is 14.5 Å². The molecule has 0 saturated heterocycles. The van der Waals surface area contributed by atoms with Crippen LogP contribution >= 0.6 is 11.3 Å². The monoisotopic (exact) mass is 406 g/mol. The van der Waals surface area contributed by atoms with E-state index in [1.807, 2.05) is 37.3 Å². The summed E-state index contributed by atoms with van der Waals surface area (Å²) in [7, 11) is 0. The lowest BCUT2D eigenvalue weighted by Gasteiger charge is -2.05. The Kier molecular flexibility index (Phi) is 5.09. The number of rotatable bonds is 5. The first-order valence-corrected chi connectivity index (χ1v) is 9.87. The molecule has 8 heteroatoms. The zero-order valence-electron chi connectivity index (χ0n) is 15.9. The van der Waals surface area contributed by atoms with Crippen molar-refractivity contribution < 1.29 is 14.3 Å². The van der Waals surface area contributed by atoms with E-state index in [0.717, 1.165) is 16.1 Å². The van der Waals surface area contributed by atoms with Gasteiger partial charge in [0.25, 0.3) is 5.91 Å². The van der Waals surface area contributed by atoms with Gasteiger partial charge in [0, 0.05) is 0 Å². The number of anilines is 1. The fourth-order valence-corrected chi connectivity index (χ4v) is 3.85. The van der Waals surface area contributed by atoms with E-state index in [-0.39, 0.29) is 11.9 Å². The molecule has 0 bridgehead atoms. The second-order valence-corrected chi connectivity index (χ2v) is 7.30. The minimum Gasteiger partial charge on any atom is -0.462 e. The average molecular weight is 406 g/mol. The van der Waals surface area contributed by atoms with Gasteiger partial charge in [0.05, 0.1) is 45.5 Å². The Bertz CT molecular complexity index is 1200. The van der Waals surface area contributed by atoms with Crippen LogP contribution in [0.25, 0.3) is 15.9 Å². The van der Waals surface area contributed by atoms with Crippen LogP contribution in [0.3, 0.4) is 0 Å². The van der Waals surface area contributed by atoms with Crippen molar-refractivity contribution in [3.63, 3.8) is 0 Å². The Balaban J connectivity index is 1.56. The molecule has 0 unspecified atom stereocenters. The molecule has 2 heterocycles. The average Bonchev–Trinajstić information content (AvgIpc) is 3.30. The number of aromatic nitrogens is 3. The van der Waals surface area contributed by atoms with Crippen molar-refractivity contribution in [1.29, 1.82) is 0 Å². The summed E-state index contributed by atoms with van der Waals surface area (Å²) in [5, 5.41) is 7.61. The highest BCUT2D eigenvalue weighted by atomic mass is 32.1. The van der Waals surface area contributed by atoms with Crippen molar-refractivity contribution in [2.24, 2.45) is 0 Å². The molecule has 0 aliphatic rings. The molecule has 2 aromatic heterocycles. The maximum atomic E-state index is 12.7. The number of ether oxygens (including phenoxy) is 1. The summed E-state index contributed by atoms with van der Waals surface area (Å²) in [6.07, 6.45) is 1.55. The molecule has 1 amide bonds. The van der Waals surface area contributed by atoms with Gasteiger partial charge < -0.3 is 4.74 Å². The van der Waals surface area contributed by atoms with E-state index in [0.29, 0.717) is 28.4 Å².